The van der Waals surface area contributed by atoms with Crippen LogP contribution < -0.4 is 10.6 Å². The summed E-state index contributed by atoms with van der Waals surface area (Å²) in [5.74, 6) is 2.02. The van der Waals surface area contributed by atoms with Crippen LogP contribution in [-0.4, -0.2) is 29.0 Å². The molecule has 0 bridgehead atoms. The van der Waals surface area contributed by atoms with Gasteiger partial charge in [-0.3, -0.25) is 4.79 Å². The molecule has 1 saturated heterocycles. The highest BCUT2D eigenvalue weighted by atomic mass is 16.1. The first-order valence-corrected chi connectivity index (χ1v) is 5.98. The number of nitrogens with zero attached hydrogens (tertiary/aromatic N) is 3. The molecule has 2 rings (SSSR count). The standard InChI is InChI=1S/C12H18N4O/c1-9-14-5-2-12(15-9)16-6-3-10(4-7-16)8-11(13)17/h2,5,10H,3-4,6-8H2,1H3,(H2,13,17). The van der Waals surface area contributed by atoms with E-state index in [1.807, 2.05) is 13.0 Å². The van der Waals surface area contributed by atoms with Crippen molar-refractivity contribution in [2.24, 2.45) is 11.7 Å². The summed E-state index contributed by atoms with van der Waals surface area (Å²) in [6.45, 7) is 3.77. The lowest BCUT2D eigenvalue weighted by molar-refractivity contribution is -0.119. The van der Waals surface area contributed by atoms with Gasteiger partial charge in [-0.15, -0.1) is 0 Å². The maximum atomic E-state index is 10.9. The van der Waals surface area contributed by atoms with Crippen molar-refractivity contribution in [2.75, 3.05) is 18.0 Å². The van der Waals surface area contributed by atoms with Crippen LogP contribution in [0, 0.1) is 12.8 Å². The van der Waals surface area contributed by atoms with Crippen LogP contribution in [0.1, 0.15) is 25.1 Å². The zero-order chi connectivity index (χ0) is 12.3. The molecule has 0 saturated carbocycles. The summed E-state index contributed by atoms with van der Waals surface area (Å²) in [6.07, 6.45) is 4.31. The summed E-state index contributed by atoms with van der Waals surface area (Å²) in [5, 5.41) is 0. The van der Waals surface area contributed by atoms with Crippen molar-refractivity contribution in [3.63, 3.8) is 0 Å². The molecule has 1 aromatic rings. The molecule has 1 aromatic heterocycles. The molecular weight excluding hydrogens is 216 g/mol. The first-order valence-electron chi connectivity index (χ1n) is 5.98. The maximum absolute atomic E-state index is 10.9. The molecule has 2 N–H and O–H groups in total. The second-order valence-corrected chi connectivity index (χ2v) is 4.56. The fourth-order valence-corrected chi connectivity index (χ4v) is 2.27. The van der Waals surface area contributed by atoms with Crippen molar-refractivity contribution in [2.45, 2.75) is 26.2 Å². The fourth-order valence-electron chi connectivity index (χ4n) is 2.27. The predicted molar refractivity (Wildman–Crippen MR) is 65.5 cm³/mol. The average Bonchev–Trinajstić information content (AvgIpc) is 2.29. The van der Waals surface area contributed by atoms with Gasteiger partial charge < -0.3 is 10.6 Å². The minimum Gasteiger partial charge on any atom is -0.370 e. The van der Waals surface area contributed by atoms with E-state index in [-0.39, 0.29) is 5.91 Å². The van der Waals surface area contributed by atoms with E-state index in [1.54, 1.807) is 6.20 Å². The largest absolute Gasteiger partial charge is 0.370 e. The molecule has 1 fully saturated rings. The van der Waals surface area contributed by atoms with Gasteiger partial charge >= 0.3 is 0 Å². The Balaban J connectivity index is 1.93. The number of amides is 1. The lowest BCUT2D eigenvalue weighted by Crippen LogP contribution is -2.35. The van der Waals surface area contributed by atoms with Crippen LogP contribution in [0.4, 0.5) is 5.82 Å². The molecule has 0 unspecified atom stereocenters. The maximum Gasteiger partial charge on any atom is 0.217 e. The van der Waals surface area contributed by atoms with Gasteiger partial charge in [0.15, 0.2) is 0 Å². The lowest BCUT2D eigenvalue weighted by Gasteiger charge is -2.32. The highest BCUT2D eigenvalue weighted by molar-refractivity contribution is 5.74. The second-order valence-electron chi connectivity index (χ2n) is 4.56. The summed E-state index contributed by atoms with van der Waals surface area (Å²) in [7, 11) is 0. The van der Waals surface area contributed by atoms with E-state index in [0.717, 1.165) is 37.6 Å². The Hall–Kier alpha value is -1.65. The van der Waals surface area contributed by atoms with Crippen molar-refractivity contribution >= 4 is 11.7 Å². The van der Waals surface area contributed by atoms with E-state index in [9.17, 15) is 4.79 Å². The highest BCUT2D eigenvalue weighted by Crippen LogP contribution is 2.23. The van der Waals surface area contributed by atoms with Crippen molar-refractivity contribution in [1.82, 2.24) is 9.97 Å². The SMILES string of the molecule is Cc1nccc(N2CCC(CC(N)=O)CC2)n1. The lowest BCUT2D eigenvalue weighted by atomic mass is 9.93. The fraction of sp³-hybridized carbons (Fsp3) is 0.583. The minimum atomic E-state index is -0.193. The molecular formula is C12H18N4O. The molecule has 2 heterocycles. The quantitative estimate of drug-likeness (QED) is 0.842. The van der Waals surface area contributed by atoms with Gasteiger partial charge in [-0.2, -0.15) is 0 Å². The molecule has 1 amide bonds. The zero-order valence-corrected chi connectivity index (χ0v) is 10.1. The number of aromatic nitrogens is 2. The Kier molecular flexibility index (Phi) is 3.56. The number of piperidine rings is 1. The molecule has 1 aliphatic rings. The number of primary amides is 1. The first kappa shape index (κ1) is 11.8. The number of aryl methyl sites for hydroxylation is 1. The van der Waals surface area contributed by atoms with Gasteiger partial charge in [-0.05, 0) is 31.7 Å². The molecule has 5 heteroatoms. The molecule has 0 atom stereocenters. The van der Waals surface area contributed by atoms with Crippen LogP contribution in [0.15, 0.2) is 12.3 Å². The third-order valence-electron chi connectivity index (χ3n) is 3.19. The molecule has 0 radical (unpaired) electrons. The van der Waals surface area contributed by atoms with Crippen LogP contribution >= 0.6 is 0 Å². The first-order chi connectivity index (χ1) is 8.15. The van der Waals surface area contributed by atoms with Crippen molar-refractivity contribution in [3.05, 3.63) is 18.1 Å². The van der Waals surface area contributed by atoms with E-state index in [2.05, 4.69) is 14.9 Å². The van der Waals surface area contributed by atoms with Gasteiger partial charge in [-0.25, -0.2) is 9.97 Å². The molecule has 0 spiro atoms. The Bertz CT molecular complexity index is 399. The van der Waals surface area contributed by atoms with Crippen LogP contribution in [0.25, 0.3) is 0 Å². The van der Waals surface area contributed by atoms with Gasteiger partial charge in [-0.1, -0.05) is 0 Å². The van der Waals surface area contributed by atoms with Crippen molar-refractivity contribution < 1.29 is 4.79 Å². The van der Waals surface area contributed by atoms with Crippen LogP contribution in [0.5, 0.6) is 0 Å². The van der Waals surface area contributed by atoms with E-state index in [0.29, 0.717) is 12.3 Å². The number of carbonyl (C=O) groups is 1. The Morgan fingerprint density at radius 1 is 1.53 bits per heavy atom. The molecule has 92 valence electrons. The average molecular weight is 234 g/mol. The Labute approximate surface area is 101 Å². The second kappa shape index (κ2) is 5.12. The summed E-state index contributed by atoms with van der Waals surface area (Å²) in [6, 6.07) is 1.93. The molecule has 0 aliphatic carbocycles. The molecule has 17 heavy (non-hydrogen) atoms. The van der Waals surface area contributed by atoms with E-state index in [4.69, 9.17) is 5.73 Å². The molecule has 0 aromatic carbocycles. The van der Waals surface area contributed by atoms with Gasteiger partial charge in [0.25, 0.3) is 0 Å². The smallest absolute Gasteiger partial charge is 0.217 e. The number of carbonyl (C=O) groups excluding carboxylic acids is 1. The third kappa shape index (κ3) is 3.15. The predicted octanol–water partition coefficient (Wildman–Crippen LogP) is 0.877. The summed E-state index contributed by atoms with van der Waals surface area (Å²) < 4.78 is 0. The van der Waals surface area contributed by atoms with Gasteiger partial charge in [0.05, 0.1) is 0 Å². The van der Waals surface area contributed by atoms with Crippen LogP contribution in [0.3, 0.4) is 0 Å². The van der Waals surface area contributed by atoms with Crippen LogP contribution in [-0.2, 0) is 4.79 Å². The van der Waals surface area contributed by atoms with Crippen molar-refractivity contribution in [3.8, 4) is 0 Å². The van der Waals surface area contributed by atoms with Gasteiger partial charge in [0, 0.05) is 25.7 Å². The summed E-state index contributed by atoms with van der Waals surface area (Å²) in [5.41, 5.74) is 5.22. The van der Waals surface area contributed by atoms with Gasteiger partial charge in [0.1, 0.15) is 11.6 Å². The Morgan fingerprint density at radius 2 is 2.24 bits per heavy atom. The zero-order valence-electron chi connectivity index (χ0n) is 10.1. The monoisotopic (exact) mass is 234 g/mol. The summed E-state index contributed by atoms with van der Waals surface area (Å²) in [4.78, 5) is 21.6. The normalized spacial score (nSPS) is 17.1. The van der Waals surface area contributed by atoms with Crippen molar-refractivity contribution in [1.29, 1.82) is 0 Å². The number of rotatable bonds is 3. The molecule has 5 nitrogen and oxygen atoms in total. The number of hydrogen-bond acceptors (Lipinski definition) is 4. The third-order valence-corrected chi connectivity index (χ3v) is 3.19. The molecule has 1 aliphatic heterocycles. The number of anilines is 1. The number of nitrogens with two attached hydrogens (primary N) is 1. The minimum absolute atomic E-state index is 0.193. The topological polar surface area (TPSA) is 72.1 Å². The van der Waals surface area contributed by atoms with E-state index < -0.39 is 0 Å². The Morgan fingerprint density at radius 3 is 2.82 bits per heavy atom. The van der Waals surface area contributed by atoms with Crippen LogP contribution in [0.2, 0.25) is 0 Å². The highest BCUT2D eigenvalue weighted by Gasteiger charge is 2.21. The van der Waals surface area contributed by atoms with E-state index in [1.165, 1.54) is 0 Å². The number of hydrogen-bond donors (Lipinski definition) is 1. The summed E-state index contributed by atoms with van der Waals surface area (Å²) >= 11 is 0. The van der Waals surface area contributed by atoms with E-state index >= 15 is 0 Å². The van der Waals surface area contributed by atoms with Gasteiger partial charge in [0.2, 0.25) is 5.91 Å².